The van der Waals surface area contributed by atoms with Crippen molar-refractivity contribution in [3.8, 4) is 0 Å². The Morgan fingerprint density at radius 2 is 2.05 bits per heavy atom. The number of hydrogen-bond acceptors (Lipinski definition) is 4. The van der Waals surface area contributed by atoms with Crippen molar-refractivity contribution >= 4 is 23.5 Å². The fourth-order valence-electron chi connectivity index (χ4n) is 1.67. The number of anilines is 1. The highest BCUT2D eigenvalue weighted by atomic mass is 35.5. The van der Waals surface area contributed by atoms with Gasteiger partial charge < -0.3 is 5.84 Å². The van der Waals surface area contributed by atoms with E-state index in [4.69, 9.17) is 17.4 Å². The van der Waals surface area contributed by atoms with Crippen molar-refractivity contribution in [2.24, 2.45) is 0 Å². The number of nitrogen functional groups attached to an aromatic ring is 1. The van der Waals surface area contributed by atoms with Crippen molar-refractivity contribution in [2.75, 3.05) is 17.3 Å². The Balaban J connectivity index is 2.54. The second-order valence-electron chi connectivity index (χ2n) is 3.95. The average molecular weight is 297 g/mol. The van der Waals surface area contributed by atoms with Gasteiger partial charge in [-0.15, -0.1) is 11.6 Å². The molecule has 1 aliphatic rings. The number of hydrogen-bond donors (Lipinski definition) is 1. The lowest BCUT2D eigenvalue weighted by molar-refractivity contribution is -0.141. The van der Waals surface area contributed by atoms with Crippen molar-refractivity contribution in [3.05, 3.63) is 22.1 Å². The molecule has 19 heavy (non-hydrogen) atoms. The first-order valence-corrected chi connectivity index (χ1v) is 5.54. The summed E-state index contributed by atoms with van der Waals surface area (Å²) in [6, 6.07) is 0.266. The third kappa shape index (κ3) is 2.50. The van der Waals surface area contributed by atoms with Crippen molar-refractivity contribution in [3.63, 3.8) is 0 Å². The Kier molecular flexibility index (Phi) is 3.17. The van der Waals surface area contributed by atoms with Gasteiger partial charge in [0.25, 0.3) is 5.56 Å². The van der Waals surface area contributed by atoms with E-state index in [9.17, 15) is 22.8 Å². The Hall–Kier alpha value is -1.77. The van der Waals surface area contributed by atoms with Gasteiger partial charge >= 0.3 is 6.18 Å². The van der Waals surface area contributed by atoms with Crippen LogP contribution in [0, 0.1) is 0 Å². The molecule has 104 valence electrons. The van der Waals surface area contributed by atoms with E-state index in [1.165, 1.54) is 0 Å². The maximum atomic E-state index is 12.6. The van der Waals surface area contributed by atoms with Gasteiger partial charge in [-0.2, -0.15) is 17.8 Å². The molecule has 2 N–H and O–H groups in total. The lowest BCUT2D eigenvalue weighted by Gasteiger charge is -2.18. The molecule has 1 aromatic heterocycles. The summed E-state index contributed by atoms with van der Waals surface area (Å²) < 4.78 is 38.1. The van der Waals surface area contributed by atoms with Gasteiger partial charge in [-0.25, -0.2) is 4.98 Å². The van der Waals surface area contributed by atoms with Crippen LogP contribution in [0.25, 0.3) is 0 Å². The van der Waals surface area contributed by atoms with Crippen LogP contribution >= 0.6 is 11.6 Å². The zero-order valence-electron chi connectivity index (χ0n) is 9.32. The molecule has 10 heteroatoms. The monoisotopic (exact) mass is 296 g/mol. The highest BCUT2D eigenvalue weighted by molar-refractivity contribution is 6.24. The molecule has 1 aliphatic heterocycles. The van der Waals surface area contributed by atoms with Gasteiger partial charge in [-0.3, -0.25) is 14.5 Å². The van der Waals surface area contributed by atoms with Crippen LogP contribution in [-0.2, 0) is 11.0 Å². The highest BCUT2D eigenvalue weighted by Gasteiger charge is 2.37. The molecule has 2 heterocycles. The minimum absolute atomic E-state index is 0.0479. The van der Waals surface area contributed by atoms with Gasteiger partial charge in [0.05, 0.1) is 5.38 Å². The zero-order chi connectivity index (χ0) is 14.4. The summed E-state index contributed by atoms with van der Waals surface area (Å²) in [4.78, 5) is 27.0. The van der Waals surface area contributed by atoms with E-state index in [2.05, 4.69) is 4.98 Å². The summed E-state index contributed by atoms with van der Waals surface area (Å²) in [7, 11) is 0. The second kappa shape index (κ2) is 4.41. The van der Waals surface area contributed by atoms with E-state index in [1.54, 1.807) is 0 Å². The van der Waals surface area contributed by atoms with E-state index < -0.39 is 34.7 Å². The van der Waals surface area contributed by atoms with Crippen molar-refractivity contribution in [2.45, 2.75) is 18.0 Å². The number of aromatic nitrogens is 2. The van der Waals surface area contributed by atoms with Crippen LogP contribution in [0.1, 0.15) is 12.1 Å². The fourth-order valence-corrected chi connectivity index (χ4v) is 1.94. The molecular weight excluding hydrogens is 289 g/mol. The van der Waals surface area contributed by atoms with Gasteiger partial charge in [0.2, 0.25) is 11.9 Å². The maximum absolute atomic E-state index is 12.6. The van der Waals surface area contributed by atoms with Gasteiger partial charge in [-0.1, -0.05) is 0 Å². The summed E-state index contributed by atoms with van der Waals surface area (Å²) >= 11 is 5.73. The Bertz CT molecular complexity index is 586. The number of halogens is 4. The molecule has 0 aromatic carbocycles. The summed E-state index contributed by atoms with van der Waals surface area (Å²) in [5.41, 5.74) is -2.51. The van der Waals surface area contributed by atoms with Crippen LogP contribution in [0.3, 0.4) is 0 Å². The predicted octanol–water partition coefficient (Wildman–Crippen LogP) is 0.320. The third-order valence-corrected chi connectivity index (χ3v) is 2.84. The average Bonchev–Trinajstić information content (AvgIpc) is 2.60. The van der Waals surface area contributed by atoms with Gasteiger partial charge in [0.15, 0.2) is 5.69 Å². The SMILES string of the molecule is Nn1c(N2CC(Cl)CC2=O)nc(C(F)(F)F)cc1=O. The molecule has 1 saturated heterocycles. The molecule has 6 nitrogen and oxygen atoms in total. The van der Waals surface area contributed by atoms with Crippen LogP contribution in [0.4, 0.5) is 19.1 Å². The fraction of sp³-hybridized carbons (Fsp3) is 0.444. The molecule has 0 aliphatic carbocycles. The topological polar surface area (TPSA) is 81.2 Å². The molecule has 1 amide bonds. The minimum Gasteiger partial charge on any atom is -0.333 e. The first-order chi connectivity index (χ1) is 8.70. The molecule has 1 fully saturated rings. The number of amides is 1. The van der Waals surface area contributed by atoms with Gasteiger partial charge in [0.1, 0.15) is 0 Å². The van der Waals surface area contributed by atoms with E-state index in [-0.39, 0.29) is 19.0 Å². The number of alkyl halides is 4. The Morgan fingerprint density at radius 3 is 2.53 bits per heavy atom. The molecule has 1 atom stereocenters. The lowest BCUT2D eigenvalue weighted by atomic mass is 10.4. The normalized spacial score (nSPS) is 20.1. The van der Waals surface area contributed by atoms with Crippen molar-refractivity contribution in [1.82, 2.24) is 9.66 Å². The molecule has 0 bridgehead atoms. The molecule has 1 aromatic rings. The molecule has 2 rings (SSSR count). The zero-order valence-corrected chi connectivity index (χ0v) is 10.1. The predicted molar refractivity (Wildman–Crippen MR) is 60.3 cm³/mol. The van der Waals surface area contributed by atoms with Crippen LogP contribution in [0.2, 0.25) is 0 Å². The number of rotatable bonds is 1. The Labute approximate surface area is 109 Å². The second-order valence-corrected chi connectivity index (χ2v) is 4.57. The van der Waals surface area contributed by atoms with Crippen LogP contribution in [0.15, 0.2) is 10.9 Å². The summed E-state index contributed by atoms with van der Waals surface area (Å²) in [6.07, 6.45) is -4.85. The first-order valence-electron chi connectivity index (χ1n) is 5.11. The number of carbonyl (C=O) groups is 1. The largest absolute Gasteiger partial charge is 0.433 e. The van der Waals surface area contributed by atoms with E-state index >= 15 is 0 Å². The lowest BCUT2D eigenvalue weighted by Crippen LogP contribution is -2.38. The number of nitrogens with zero attached hydrogens (tertiary/aromatic N) is 3. The first kappa shape index (κ1) is 13.7. The van der Waals surface area contributed by atoms with E-state index in [0.717, 1.165) is 4.90 Å². The standard InChI is InChI=1S/C9H8ClF3N4O2/c10-4-1-6(18)16(3-4)8-15-5(9(11,12)13)2-7(19)17(8)14/h2,4H,1,3,14H2. The number of carbonyl (C=O) groups excluding carboxylic acids is 1. The van der Waals surface area contributed by atoms with Crippen molar-refractivity contribution < 1.29 is 18.0 Å². The summed E-state index contributed by atoms with van der Waals surface area (Å²) in [5, 5.41) is -0.557. The van der Waals surface area contributed by atoms with Crippen LogP contribution in [-0.4, -0.2) is 27.5 Å². The quantitative estimate of drug-likeness (QED) is 0.598. The number of nitrogens with two attached hydrogens (primary N) is 1. The minimum atomic E-state index is -4.80. The van der Waals surface area contributed by atoms with Crippen molar-refractivity contribution in [1.29, 1.82) is 0 Å². The van der Waals surface area contributed by atoms with Gasteiger partial charge in [-0.05, 0) is 0 Å². The van der Waals surface area contributed by atoms with Gasteiger partial charge in [0, 0.05) is 19.0 Å². The maximum Gasteiger partial charge on any atom is 0.433 e. The molecule has 0 radical (unpaired) electrons. The summed E-state index contributed by atoms with van der Waals surface area (Å²) in [5.74, 6) is 4.22. The molecule has 0 spiro atoms. The molecular formula is C9H8ClF3N4O2. The van der Waals surface area contributed by atoms with E-state index in [1.807, 2.05) is 0 Å². The Morgan fingerprint density at radius 1 is 1.42 bits per heavy atom. The van der Waals surface area contributed by atoms with E-state index in [0.29, 0.717) is 4.68 Å². The third-order valence-electron chi connectivity index (χ3n) is 2.54. The van der Waals surface area contributed by atoms with Crippen LogP contribution < -0.4 is 16.3 Å². The highest BCUT2D eigenvalue weighted by Crippen LogP contribution is 2.28. The molecule has 0 saturated carbocycles. The smallest absolute Gasteiger partial charge is 0.333 e. The summed E-state index contributed by atoms with van der Waals surface area (Å²) in [6.45, 7) is -0.0503. The van der Waals surface area contributed by atoms with Crippen LogP contribution in [0.5, 0.6) is 0 Å². The molecule has 1 unspecified atom stereocenters.